The molecule has 5 nitrogen and oxygen atoms in total. The van der Waals surface area contributed by atoms with Crippen molar-refractivity contribution in [1.82, 2.24) is 9.55 Å². The number of fused-ring (bicyclic) bond motifs is 1. The number of carbonyl (C=O) groups excluding carboxylic acids is 1. The van der Waals surface area contributed by atoms with Crippen molar-refractivity contribution in [3.8, 4) is 16.8 Å². The second kappa shape index (κ2) is 10.9. The lowest BCUT2D eigenvalue weighted by atomic mass is 10.1. The molecule has 0 atom stereocenters. The van der Waals surface area contributed by atoms with Crippen LogP contribution in [0.2, 0.25) is 5.02 Å². The van der Waals surface area contributed by atoms with Crippen LogP contribution in [-0.2, 0) is 11.0 Å². The Balaban J connectivity index is 1.48. The number of alkyl halides is 3. The van der Waals surface area contributed by atoms with E-state index in [1.54, 1.807) is 24.3 Å². The van der Waals surface area contributed by atoms with Gasteiger partial charge in [0.25, 0.3) is 5.56 Å². The van der Waals surface area contributed by atoms with E-state index >= 15 is 0 Å². The molecule has 5 rings (SSSR count). The van der Waals surface area contributed by atoms with Crippen molar-refractivity contribution in [2.45, 2.75) is 18.3 Å². The first kappa shape index (κ1) is 27.0. The fourth-order valence-electron chi connectivity index (χ4n) is 3.97. The van der Waals surface area contributed by atoms with Crippen LogP contribution in [0.4, 0.5) is 18.9 Å². The molecule has 0 spiro atoms. The van der Waals surface area contributed by atoms with Gasteiger partial charge in [0.15, 0.2) is 5.16 Å². The number of benzene rings is 3. The van der Waals surface area contributed by atoms with E-state index in [1.165, 1.54) is 22.0 Å². The maximum Gasteiger partial charge on any atom is 0.417 e. The largest absolute Gasteiger partial charge is 0.417 e. The first-order valence-electron chi connectivity index (χ1n) is 11.6. The highest BCUT2D eigenvalue weighted by atomic mass is 35.5. The number of carbonyl (C=O) groups is 1. The Kier molecular flexibility index (Phi) is 7.53. The van der Waals surface area contributed by atoms with Gasteiger partial charge in [-0.3, -0.25) is 14.2 Å². The number of anilines is 1. The SMILES string of the molecule is Cc1ccc(-c2csc3nc(SCC(=O)Nc4ccc(Cl)c(C(F)(F)F)c4)n(-c4ccccc4)c(=O)c23)cc1. The van der Waals surface area contributed by atoms with E-state index in [0.29, 0.717) is 21.1 Å². The van der Waals surface area contributed by atoms with E-state index in [-0.39, 0.29) is 17.0 Å². The molecule has 0 fully saturated rings. The summed E-state index contributed by atoms with van der Waals surface area (Å²) < 4.78 is 41.0. The second-order valence-electron chi connectivity index (χ2n) is 8.60. The van der Waals surface area contributed by atoms with Crippen LogP contribution in [0.3, 0.4) is 0 Å². The zero-order chi connectivity index (χ0) is 27.7. The van der Waals surface area contributed by atoms with Gasteiger partial charge in [-0.05, 0) is 42.8 Å². The van der Waals surface area contributed by atoms with Crippen LogP contribution < -0.4 is 10.9 Å². The van der Waals surface area contributed by atoms with E-state index in [9.17, 15) is 22.8 Å². The van der Waals surface area contributed by atoms with E-state index in [4.69, 9.17) is 16.6 Å². The van der Waals surface area contributed by atoms with Crippen molar-refractivity contribution in [2.24, 2.45) is 0 Å². The van der Waals surface area contributed by atoms with Crippen LogP contribution in [0.15, 0.2) is 88.1 Å². The van der Waals surface area contributed by atoms with E-state index in [1.807, 2.05) is 42.6 Å². The minimum atomic E-state index is -4.66. The summed E-state index contributed by atoms with van der Waals surface area (Å²) in [5.74, 6) is -0.749. The maximum atomic E-state index is 13.9. The summed E-state index contributed by atoms with van der Waals surface area (Å²) in [6.07, 6.45) is -4.66. The predicted octanol–water partition coefficient (Wildman–Crippen LogP) is 7.83. The smallest absolute Gasteiger partial charge is 0.325 e. The first-order valence-corrected chi connectivity index (χ1v) is 13.8. The molecule has 0 unspecified atom stereocenters. The van der Waals surface area contributed by atoms with Gasteiger partial charge < -0.3 is 5.32 Å². The van der Waals surface area contributed by atoms with Crippen molar-refractivity contribution >= 4 is 56.5 Å². The molecule has 0 saturated carbocycles. The van der Waals surface area contributed by atoms with Crippen molar-refractivity contribution in [3.05, 3.63) is 105 Å². The fraction of sp³-hybridized carbons (Fsp3) is 0.107. The molecule has 0 radical (unpaired) electrons. The lowest BCUT2D eigenvalue weighted by Gasteiger charge is -2.13. The number of para-hydroxylation sites is 1. The van der Waals surface area contributed by atoms with Gasteiger partial charge in [-0.2, -0.15) is 13.2 Å². The Bertz CT molecular complexity index is 1730. The Morgan fingerprint density at radius 2 is 1.79 bits per heavy atom. The third-order valence-electron chi connectivity index (χ3n) is 5.84. The van der Waals surface area contributed by atoms with Crippen LogP contribution >= 0.6 is 34.7 Å². The molecular formula is C28H19ClF3N3O2S2. The van der Waals surface area contributed by atoms with Gasteiger partial charge >= 0.3 is 6.18 Å². The number of halogens is 4. The number of hydrogen-bond acceptors (Lipinski definition) is 5. The first-order chi connectivity index (χ1) is 18.6. The summed E-state index contributed by atoms with van der Waals surface area (Å²) in [7, 11) is 0. The average molecular weight is 586 g/mol. The Morgan fingerprint density at radius 3 is 2.49 bits per heavy atom. The highest BCUT2D eigenvalue weighted by Crippen LogP contribution is 2.36. The summed E-state index contributed by atoms with van der Waals surface area (Å²) in [4.78, 5) is 31.8. The predicted molar refractivity (Wildman–Crippen MR) is 151 cm³/mol. The van der Waals surface area contributed by atoms with Crippen LogP contribution in [0.1, 0.15) is 11.1 Å². The molecule has 0 bridgehead atoms. The number of thioether (sulfide) groups is 1. The summed E-state index contributed by atoms with van der Waals surface area (Å²) >= 11 is 8.01. The van der Waals surface area contributed by atoms with E-state index in [2.05, 4.69) is 5.32 Å². The number of amides is 1. The van der Waals surface area contributed by atoms with Crippen LogP contribution in [0.25, 0.3) is 27.0 Å². The molecule has 0 aliphatic heterocycles. The normalized spacial score (nSPS) is 11.6. The lowest BCUT2D eigenvalue weighted by molar-refractivity contribution is -0.137. The molecular weight excluding hydrogens is 567 g/mol. The number of hydrogen-bond donors (Lipinski definition) is 1. The number of aromatic nitrogens is 2. The molecule has 1 amide bonds. The van der Waals surface area contributed by atoms with Crippen LogP contribution in [0.5, 0.6) is 0 Å². The fourth-order valence-corrected chi connectivity index (χ4v) is 5.99. The number of rotatable bonds is 6. The Morgan fingerprint density at radius 1 is 1.08 bits per heavy atom. The van der Waals surface area contributed by atoms with Crippen LogP contribution in [0, 0.1) is 6.92 Å². The zero-order valence-electron chi connectivity index (χ0n) is 20.3. The molecule has 1 N–H and O–H groups in total. The Labute approximate surface area is 234 Å². The highest BCUT2D eigenvalue weighted by molar-refractivity contribution is 7.99. The van der Waals surface area contributed by atoms with Gasteiger partial charge in [0.2, 0.25) is 5.91 Å². The monoisotopic (exact) mass is 585 g/mol. The summed E-state index contributed by atoms with van der Waals surface area (Å²) in [6.45, 7) is 1.99. The van der Waals surface area contributed by atoms with Crippen molar-refractivity contribution < 1.29 is 18.0 Å². The second-order valence-corrected chi connectivity index (χ2v) is 10.8. The highest BCUT2D eigenvalue weighted by Gasteiger charge is 2.33. The molecule has 0 aliphatic carbocycles. The Hall–Kier alpha value is -3.60. The standard InChI is InChI=1S/C28H19ClF3N3O2S2/c1-16-7-9-17(10-8-16)20-14-38-25-24(20)26(37)35(19-5-3-2-4-6-19)27(34-25)39-15-23(36)33-18-11-12-22(29)21(13-18)28(30,31)32/h2-14H,15H2,1H3,(H,33,36). The number of nitrogens with one attached hydrogen (secondary N) is 1. The zero-order valence-corrected chi connectivity index (χ0v) is 22.6. The van der Waals surface area contributed by atoms with Crippen molar-refractivity contribution in [2.75, 3.05) is 11.1 Å². The topological polar surface area (TPSA) is 64.0 Å². The summed E-state index contributed by atoms with van der Waals surface area (Å²) in [5, 5.41) is 4.66. The van der Waals surface area contributed by atoms with Gasteiger partial charge in [0.05, 0.1) is 27.4 Å². The molecule has 0 saturated heterocycles. The molecule has 2 aromatic heterocycles. The molecule has 11 heteroatoms. The number of thiophene rings is 1. The maximum absolute atomic E-state index is 13.9. The quantitative estimate of drug-likeness (QED) is 0.163. The minimum Gasteiger partial charge on any atom is -0.325 e. The molecule has 198 valence electrons. The average Bonchev–Trinajstić information content (AvgIpc) is 3.33. The molecule has 0 aliphatic rings. The summed E-state index contributed by atoms with van der Waals surface area (Å²) in [6, 6.07) is 20.0. The third kappa shape index (κ3) is 5.73. The van der Waals surface area contributed by atoms with Gasteiger partial charge in [0, 0.05) is 16.6 Å². The van der Waals surface area contributed by atoms with Crippen molar-refractivity contribution in [3.63, 3.8) is 0 Å². The van der Waals surface area contributed by atoms with E-state index in [0.717, 1.165) is 40.6 Å². The minimum absolute atomic E-state index is 0.0396. The van der Waals surface area contributed by atoms with E-state index < -0.39 is 22.7 Å². The number of aryl methyl sites for hydroxylation is 1. The van der Waals surface area contributed by atoms with Gasteiger partial charge in [-0.1, -0.05) is 71.4 Å². The molecule has 5 aromatic rings. The lowest BCUT2D eigenvalue weighted by Crippen LogP contribution is -2.22. The molecule has 2 heterocycles. The van der Waals surface area contributed by atoms with Crippen LogP contribution in [-0.4, -0.2) is 21.2 Å². The van der Waals surface area contributed by atoms with Gasteiger partial charge in [-0.25, -0.2) is 4.98 Å². The number of nitrogens with zero attached hydrogens (tertiary/aromatic N) is 2. The molecule has 39 heavy (non-hydrogen) atoms. The van der Waals surface area contributed by atoms with Gasteiger partial charge in [0.1, 0.15) is 4.83 Å². The van der Waals surface area contributed by atoms with Gasteiger partial charge in [-0.15, -0.1) is 11.3 Å². The van der Waals surface area contributed by atoms with Crippen molar-refractivity contribution in [1.29, 1.82) is 0 Å². The molecule has 3 aromatic carbocycles. The summed E-state index contributed by atoms with van der Waals surface area (Å²) in [5.41, 5.74) is 1.99. The third-order valence-corrected chi connectivity index (χ3v) is 7.98.